The molecule has 0 aromatic heterocycles. The Labute approximate surface area is 248 Å². The summed E-state index contributed by atoms with van der Waals surface area (Å²) < 4.78 is 0. The fraction of sp³-hybridized carbons (Fsp3) is 1.00. The molecule has 0 spiro atoms. The maximum absolute atomic E-state index is 7.72. The van der Waals surface area contributed by atoms with Crippen LogP contribution in [0.4, 0.5) is 0 Å². The molecule has 0 heterocycles. The van der Waals surface area contributed by atoms with Gasteiger partial charge in [-0.3, -0.25) is 0 Å². The van der Waals surface area contributed by atoms with Crippen molar-refractivity contribution in [2.45, 2.75) is 219 Å². The van der Waals surface area contributed by atoms with Crippen molar-refractivity contribution in [1.82, 2.24) is 5.32 Å². The van der Waals surface area contributed by atoms with Gasteiger partial charge in [-0.05, 0) is 25.7 Å². The number of unbranched alkanes of at least 4 members (excludes halogenated alkanes) is 20. The Balaban J connectivity index is 5.63. The van der Waals surface area contributed by atoms with Gasteiger partial charge in [-0.2, -0.15) is 0 Å². The lowest BCUT2D eigenvalue weighted by Gasteiger charge is -2.51. The van der Waals surface area contributed by atoms with Crippen LogP contribution in [0.1, 0.15) is 207 Å². The summed E-state index contributed by atoms with van der Waals surface area (Å²) >= 11 is 0. The van der Waals surface area contributed by atoms with Crippen LogP contribution in [0.3, 0.4) is 0 Å². The van der Waals surface area contributed by atoms with Crippen molar-refractivity contribution in [3.05, 3.63) is 0 Å². The van der Waals surface area contributed by atoms with Crippen molar-refractivity contribution in [2.75, 3.05) is 13.1 Å². The third kappa shape index (κ3) is 19.6. The van der Waals surface area contributed by atoms with E-state index < -0.39 is 0 Å². The summed E-state index contributed by atoms with van der Waals surface area (Å²) in [6.07, 6.45) is 37.3. The van der Waals surface area contributed by atoms with Gasteiger partial charge in [-0.1, -0.05) is 182 Å². The number of nitrogens with one attached hydrogen (secondary N) is 1. The third-order valence-corrected chi connectivity index (χ3v) is 9.43. The van der Waals surface area contributed by atoms with Crippen LogP contribution >= 0.6 is 0 Å². The monoisotopic (exact) mass is 552 g/mol. The van der Waals surface area contributed by atoms with Gasteiger partial charge in [0.25, 0.3) is 0 Å². The molecule has 0 rings (SSSR count). The van der Waals surface area contributed by atoms with E-state index >= 15 is 0 Å². The van der Waals surface area contributed by atoms with Gasteiger partial charge in [0.1, 0.15) is 0 Å². The maximum atomic E-state index is 7.72. The molecule has 0 atom stereocenters. The van der Waals surface area contributed by atoms with E-state index in [4.69, 9.17) is 11.5 Å². The SMILES string of the molecule is CCCCCCCCC(N)(CCCCCCCC)C(CCCCCCCC)(CCCCCCCC)NCCN. The molecule has 3 heteroatoms. The first-order chi connectivity index (χ1) is 19.1. The second-order valence-electron chi connectivity index (χ2n) is 13.0. The van der Waals surface area contributed by atoms with Crippen LogP contribution in [0.5, 0.6) is 0 Å². The van der Waals surface area contributed by atoms with Gasteiger partial charge in [0.05, 0.1) is 0 Å². The Hall–Kier alpha value is -0.120. The predicted octanol–water partition coefficient (Wildman–Crippen LogP) is 11.0. The Morgan fingerprint density at radius 3 is 1.00 bits per heavy atom. The molecule has 0 unspecified atom stereocenters. The van der Waals surface area contributed by atoms with Crippen molar-refractivity contribution in [3.63, 3.8) is 0 Å². The highest BCUT2D eigenvalue weighted by molar-refractivity contribution is 5.09. The van der Waals surface area contributed by atoms with Crippen LogP contribution in [-0.4, -0.2) is 24.2 Å². The molecule has 0 aromatic carbocycles. The highest BCUT2D eigenvalue weighted by Crippen LogP contribution is 2.39. The van der Waals surface area contributed by atoms with E-state index in [1.807, 2.05) is 0 Å². The molecule has 3 nitrogen and oxygen atoms in total. The highest BCUT2D eigenvalue weighted by Gasteiger charge is 2.46. The second-order valence-corrected chi connectivity index (χ2v) is 13.0. The summed E-state index contributed by atoms with van der Waals surface area (Å²) in [6.45, 7) is 10.9. The smallest absolute Gasteiger partial charge is 0.0362 e. The first-order valence-electron chi connectivity index (χ1n) is 18.3. The topological polar surface area (TPSA) is 64.1 Å². The molecule has 0 bridgehead atoms. The van der Waals surface area contributed by atoms with Gasteiger partial charge in [0.15, 0.2) is 0 Å². The summed E-state index contributed by atoms with van der Waals surface area (Å²) in [7, 11) is 0. The zero-order valence-corrected chi connectivity index (χ0v) is 27.9. The molecule has 39 heavy (non-hydrogen) atoms. The van der Waals surface area contributed by atoms with Gasteiger partial charge < -0.3 is 16.8 Å². The summed E-state index contributed by atoms with van der Waals surface area (Å²) in [6, 6.07) is 0. The Morgan fingerprint density at radius 1 is 0.410 bits per heavy atom. The van der Waals surface area contributed by atoms with Crippen LogP contribution in [0, 0.1) is 0 Å². The summed E-state index contributed by atoms with van der Waals surface area (Å²) in [5.74, 6) is 0. The highest BCUT2D eigenvalue weighted by atomic mass is 15.1. The van der Waals surface area contributed by atoms with Crippen molar-refractivity contribution in [2.24, 2.45) is 11.5 Å². The quantitative estimate of drug-likeness (QED) is 0.0728. The molecule has 0 fully saturated rings. The van der Waals surface area contributed by atoms with Crippen molar-refractivity contribution >= 4 is 0 Å². The van der Waals surface area contributed by atoms with E-state index in [-0.39, 0.29) is 11.1 Å². The molecule has 5 N–H and O–H groups in total. The van der Waals surface area contributed by atoms with E-state index in [0.717, 1.165) is 6.54 Å². The lowest BCUT2D eigenvalue weighted by Crippen LogP contribution is -2.68. The second kappa shape index (κ2) is 28.0. The van der Waals surface area contributed by atoms with Gasteiger partial charge in [-0.25, -0.2) is 0 Å². The lowest BCUT2D eigenvalue weighted by atomic mass is 9.66. The molecule has 236 valence electrons. The predicted molar refractivity (Wildman–Crippen MR) is 179 cm³/mol. The van der Waals surface area contributed by atoms with Crippen LogP contribution in [0.25, 0.3) is 0 Å². The fourth-order valence-corrected chi connectivity index (χ4v) is 6.75. The largest absolute Gasteiger partial charge is 0.329 e. The standard InChI is InChI=1S/C36H77N3/c1-5-9-13-17-21-25-29-35(38,30-26-22-18-14-10-6-2)36(39-34-33-37,31-27-23-19-15-11-7-3)32-28-24-20-16-12-8-4/h39H,5-34,37-38H2,1-4H3. The average Bonchev–Trinajstić information content (AvgIpc) is 2.94. The van der Waals surface area contributed by atoms with Crippen LogP contribution in [-0.2, 0) is 0 Å². The first kappa shape index (κ1) is 38.9. The van der Waals surface area contributed by atoms with Gasteiger partial charge in [0.2, 0.25) is 0 Å². The van der Waals surface area contributed by atoms with E-state index in [2.05, 4.69) is 33.0 Å². The number of nitrogens with two attached hydrogens (primary N) is 2. The summed E-state index contributed by atoms with van der Waals surface area (Å²) in [5, 5.41) is 4.10. The van der Waals surface area contributed by atoms with E-state index in [1.165, 1.54) is 180 Å². The van der Waals surface area contributed by atoms with Crippen molar-refractivity contribution in [1.29, 1.82) is 0 Å². The van der Waals surface area contributed by atoms with Crippen molar-refractivity contribution < 1.29 is 0 Å². The minimum Gasteiger partial charge on any atom is -0.329 e. The van der Waals surface area contributed by atoms with E-state index in [9.17, 15) is 0 Å². The first-order valence-corrected chi connectivity index (χ1v) is 18.3. The number of hydrogen-bond donors (Lipinski definition) is 3. The maximum Gasteiger partial charge on any atom is 0.0362 e. The van der Waals surface area contributed by atoms with Gasteiger partial charge in [0, 0.05) is 24.2 Å². The fourth-order valence-electron chi connectivity index (χ4n) is 6.75. The Bertz CT molecular complexity index is 446. The third-order valence-electron chi connectivity index (χ3n) is 9.43. The van der Waals surface area contributed by atoms with Crippen LogP contribution in [0.15, 0.2) is 0 Å². The molecular weight excluding hydrogens is 474 g/mol. The minimum atomic E-state index is -0.121. The van der Waals surface area contributed by atoms with Crippen LogP contribution in [0.2, 0.25) is 0 Å². The summed E-state index contributed by atoms with van der Waals surface area (Å²) in [5.41, 5.74) is 13.8. The summed E-state index contributed by atoms with van der Waals surface area (Å²) in [4.78, 5) is 0. The molecule has 0 saturated heterocycles. The molecule has 0 amide bonds. The molecule has 0 radical (unpaired) electrons. The van der Waals surface area contributed by atoms with E-state index in [1.54, 1.807) is 0 Å². The molecule has 0 aliphatic rings. The molecule has 0 saturated carbocycles. The Kier molecular flexibility index (Phi) is 27.9. The number of rotatable bonds is 32. The zero-order chi connectivity index (χ0) is 28.9. The van der Waals surface area contributed by atoms with Gasteiger partial charge in [-0.15, -0.1) is 0 Å². The zero-order valence-electron chi connectivity index (χ0n) is 27.9. The molecule has 0 aromatic rings. The van der Waals surface area contributed by atoms with E-state index in [0.29, 0.717) is 6.54 Å². The minimum absolute atomic E-state index is 0.0364. The lowest BCUT2D eigenvalue weighted by molar-refractivity contribution is 0.109. The van der Waals surface area contributed by atoms with Crippen LogP contribution < -0.4 is 16.8 Å². The Morgan fingerprint density at radius 2 is 0.692 bits per heavy atom. The average molecular weight is 552 g/mol. The molecule has 0 aliphatic carbocycles. The molecular formula is C36H77N3. The normalized spacial score (nSPS) is 12.5. The molecule has 0 aliphatic heterocycles. The van der Waals surface area contributed by atoms with Crippen molar-refractivity contribution in [3.8, 4) is 0 Å². The van der Waals surface area contributed by atoms with Gasteiger partial charge >= 0.3 is 0 Å². The number of hydrogen-bond acceptors (Lipinski definition) is 3.